The molecule has 0 bridgehead atoms. The second kappa shape index (κ2) is 7.69. The Kier molecular flexibility index (Phi) is 5.37. The molecule has 4 fully saturated rings. The molecule has 4 aliphatic carbocycles. The monoisotopic (exact) mass is 428 g/mol. The van der Waals surface area contributed by atoms with Crippen molar-refractivity contribution in [2.75, 3.05) is 13.7 Å². The summed E-state index contributed by atoms with van der Waals surface area (Å²) >= 11 is 0. The first-order chi connectivity index (χ1) is 14.8. The molecule has 0 unspecified atom stereocenters. The van der Waals surface area contributed by atoms with Gasteiger partial charge >= 0.3 is 0 Å². The van der Waals surface area contributed by atoms with Crippen LogP contribution in [0.15, 0.2) is 18.7 Å². The molecule has 5 heteroatoms. The predicted octanol–water partition coefficient (Wildman–Crippen LogP) is 4.49. The Morgan fingerprint density at radius 1 is 1.10 bits per heavy atom. The van der Waals surface area contributed by atoms with Crippen LogP contribution in [0.4, 0.5) is 0 Å². The largest absolute Gasteiger partial charge is 0.387 e. The van der Waals surface area contributed by atoms with E-state index in [2.05, 4.69) is 18.8 Å². The SMILES string of the molecule is COC[C@]1(O)CC[C@@]2(C)[C@H](CC[C@@H]3[C@@H]2CC[C@]2(C)[C@@H](C(=O)Cn4ccnc4)CC[C@@H]32)C1. The van der Waals surface area contributed by atoms with E-state index in [1.807, 2.05) is 10.8 Å². The van der Waals surface area contributed by atoms with Gasteiger partial charge in [-0.2, -0.15) is 0 Å². The van der Waals surface area contributed by atoms with Gasteiger partial charge in [-0.05, 0) is 92.3 Å². The Morgan fingerprint density at radius 3 is 2.65 bits per heavy atom. The average Bonchev–Trinajstić information content (AvgIpc) is 3.35. The van der Waals surface area contributed by atoms with Crippen LogP contribution in [0, 0.1) is 40.4 Å². The van der Waals surface area contributed by atoms with Gasteiger partial charge in [0.25, 0.3) is 0 Å². The molecule has 4 saturated carbocycles. The van der Waals surface area contributed by atoms with Crippen LogP contribution in [0.25, 0.3) is 0 Å². The van der Waals surface area contributed by atoms with Crippen molar-refractivity contribution in [3.63, 3.8) is 0 Å². The number of rotatable bonds is 5. The zero-order valence-electron chi connectivity index (χ0n) is 19.6. The number of hydrogen-bond donors (Lipinski definition) is 1. The van der Waals surface area contributed by atoms with Gasteiger partial charge in [0.15, 0.2) is 5.78 Å². The molecule has 5 nitrogen and oxygen atoms in total. The molecule has 5 rings (SSSR count). The van der Waals surface area contributed by atoms with Crippen molar-refractivity contribution in [2.45, 2.75) is 83.8 Å². The third-order valence-corrected chi connectivity index (χ3v) is 10.5. The van der Waals surface area contributed by atoms with Gasteiger partial charge in [0, 0.05) is 25.4 Å². The number of fused-ring (bicyclic) bond motifs is 5. The highest BCUT2D eigenvalue weighted by molar-refractivity contribution is 5.82. The van der Waals surface area contributed by atoms with E-state index in [-0.39, 0.29) is 11.3 Å². The molecule has 0 aliphatic heterocycles. The predicted molar refractivity (Wildman–Crippen MR) is 119 cm³/mol. The molecule has 0 amide bonds. The van der Waals surface area contributed by atoms with Gasteiger partial charge in [-0.1, -0.05) is 13.8 Å². The molecule has 0 radical (unpaired) electrons. The number of hydrogen-bond acceptors (Lipinski definition) is 4. The fourth-order valence-corrected chi connectivity index (χ4v) is 8.92. The van der Waals surface area contributed by atoms with Gasteiger partial charge in [-0.15, -0.1) is 0 Å². The second-order valence-corrected chi connectivity index (χ2v) is 11.9. The third kappa shape index (κ3) is 3.42. The lowest BCUT2D eigenvalue weighted by atomic mass is 9.44. The Hall–Kier alpha value is -1.20. The molecule has 1 N–H and O–H groups in total. The van der Waals surface area contributed by atoms with E-state index in [9.17, 15) is 9.90 Å². The van der Waals surface area contributed by atoms with Crippen LogP contribution < -0.4 is 0 Å². The van der Waals surface area contributed by atoms with Crippen molar-refractivity contribution in [3.8, 4) is 0 Å². The highest BCUT2D eigenvalue weighted by Gasteiger charge is 2.62. The fraction of sp³-hybridized carbons (Fsp3) is 0.846. The Bertz CT molecular complexity index is 810. The molecule has 0 spiro atoms. The van der Waals surface area contributed by atoms with Crippen LogP contribution >= 0.6 is 0 Å². The van der Waals surface area contributed by atoms with Crippen molar-refractivity contribution in [1.29, 1.82) is 0 Å². The Labute approximate surface area is 187 Å². The van der Waals surface area contributed by atoms with Gasteiger partial charge in [0.05, 0.1) is 25.1 Å². The maximum Gasteiger partial charge on any atom is 0.156 e. The zero-order chi connectivity index (χ0) is 21.9. The summed E-state index contributed by atoms with van der Waals surface area (Å²) in [4.78, 5) is 17.4. The summed E-state index contributed by atoms with van der Waals surface area (Å²) in [5.74, 6) is 3.39. The van der Waals surface area contributed by atoms with Crippen molar-refractivity contribution >= 4 is 5.78 Å². The minimum Gasteiger partial charge on any atom is -0.387 e. The molecule has 0 saturated heterocycles. The number of aliphatic hydroxyl groups is 1. The zero-order valence-corrected chi connectivity index (χ0v) is 19.6. The average molecular weight is 429 g/mol. The summed E-state index contributed by atoms with van der Waals surface area (Å²) in [6, 6.07) is 0. The van der Waals surface area contributed by atoms with Crippen LogP contribution in [0.5, 0.6) is 0 Å². The minimum atomic E-state index is -0.632. The minimum absolute atomic E-state index is 0.160. The summed E-state index contributed by atoms with van der Waals surface area (Å²) < 4.78 is 7.29. The highest BCUT2D eigenvalue weighted by Crippen LogP contribution is 2.68. The number of nitrogens with zero attached hydrogens (tertiary/aromatic N) is 2. The van der Waals surface area contributed by atoms with Crippen LogP contribution in [-0.4, -0.2) is 39.8 Å². The molecule has 4 aliphatic rings. The normalized spacial score (nSPS) is 46.8. The first kappa shape index (κ1) is 21.6. The molecule has 31 heavy (non-hydrogen) atoms. The molecule has 1 aromatic rings. The van der Waals surface area contributed by atoms with Gasteiger partial charge in [0.2, 0.25) is 0 Å². The van der Waals surface area contributed by atoms with E-state index in [0.29, 0.717) is 36.2 Å². The molecular weight excluding hydrogens is 388 g/mol. The lowest BCUT2D eigenvalue weighted by Gasteiger charge is -2.62. The summed E-state index contributed by atoms with van der Waals surface area (Å²) in [6.45, 7) is 5.90. The van der Waals surface area contributed by atoms with Crippen LogP contribution in [-0.2, 0) is 16.1 Å². The van der Waals surface area contributed by atoms with Crippen molar-refractivity contribution < 1.29 is 14.6 Å². The van der Waals surface area contributed by atoms with E-state index in [4.69, 9.17) is 4.74 Å². The first-order valence-corrected chi connectivity index (χ1v) is 12.5. The van der Waals surface area contributed by atoms with Gasteiger partial charge < -0.3 is 14.4 Å². The smallest absolute Gasteiger partial charge is 0.156 e. The van der Waals surface area contributed by atoms with Gasteiger partial charge in [0.1, 0.15) is 0 Å². The van der Waals surface area contributed by atoms with E-state index in [1.165, 1.54) is 32.1 Å². The van der Waals surface area contributed by atoms with Crippen molar-refractivity contribution in [3.05, 3.63) is 18.7 Å². The fourth-order valence-electron chi connectivity index (χ4n) is 8.92. The third-order valence-electron chi connectivity index (χ3n) is 10.5. The molecule has 0 aromatic carbocycles. The number of imidazole rings is 1. The van der Waals surface area contributed by atoms with Crippen molar-refractivity contribution in [2.24, 2.45) is 40.4 Å². The lowest BCUT2D eigenvalue weighted by molar-refractivity contribution is -0.164. The number of methoxy groups -OCH3 is 1. The van der Waals surface area contributed by atoms with Crippen LogP contribution in [0.2, 0.25) is 0 Å². The number of ether oxygens (including phenoxy) is 1. The number of carbonyl (C=O) groups is 1. The van der Waals surface area contributed by atoms with E-state index in [0.717, 1.165) is 37.5 Å². The van der Waals surface area contributed by atoms with E-state index in [1.54, 1.807) is 19.6 Å². The lowest BCUT2D eigenvalue weighted by Crippen LogP contribution is -2.56. The van der Waals surface area contributed by atoms with Gasteiger partial charge in [-0.3, -0.25) is 4.79 Å². The molecule has 1 aromatic heterocycles. The van der Waals surface area contributed by atoms with Crippen molar-refractivity contribution in [1.82, 2.24) is 9.55 Å². The van der Waals surface area contributed by atoms with Crippen LogP contribution in [0.1, 0.15) is 71.6 Å². The quantitative estimate of drug-likeness (QED) is 0.751. The molecule has 8 atom stereocenters. The second-order valence-electron chi connectivity index (χ2n) is 11.9. The summed E-state index contributed by atoms with van der Waals surface area (Å²) in [5.41, 5.74) is -0.135. The molecular formula is C26H40N2O3. The number of Topliss-reactive ketones (excluding diaryl/α,β-unsaturated/α-hetero) is 1. The molecule has 172 valence electrons. The standard InChI is InChI=1S/C26H40N2O3/c1-24-10-11-26(30,16-31-3)14-18(24)4-5-19-20-6-7-22(25(20,2)9-8-21(19)24)23(29)15-28-13-12-27-17-28/h12-13,17-22,30H,4-11,14-16H2,1-3H3/t18-,19+,20+,21+,22-,24+,25+,26+/m1/s1. The molecule has 1 heterocycles. The Morgan fingerprint density at radius 2 is 1.90 bits per heavy atom. The van der Waals surface area contributed by atoms with Gasteiger partial charge in [-0.25, -0.2) is 4.98 Å². The number of aromatic nitrogens is 2. The highest BCUT2D eigenvalue weighted by atomic mass is 16.5. The van der Waals surface area contributed by atoms with Crippen LogP contribution in [0.3, 0.4) is 0 Å². The maximum atomic E-state index is 13.3. The first-order valence-electron chi connectivity index (χ1n) is 12.5. The maximum absolute atomic E-state index is 13.3. The number of ketones is 1. The summed E-state index contributed by atoms with van der Waals surface area (Å²) in [7, 11) is 1.70. The summed E-state index contributed by atoms with van der Waals surface area (Å²) in [6.07, 6.45) is 15.5. The number of carbonyl (C=O) groups excluding carboxylic acids is 1. The van der Waals surface area contributed by atoms with E-state index < -0.39 is 5.60 Å². The summed E-state index contributed by atoms with van der Waals surface area (Å²) in [5, 5.41) is 11.0. The van der Waals surface area contributed by atoms with E-state index >= 15 is 0 Å². The Balaban J connectivity index is 1.33. The topological polar surface area (TPSA) is 64.3 Å².